The van der Waals surface area contributed by atoms with Crippen molar-refractivity contribution < 1.29 is 24.5 Å². The minimum absolute atomic E-state index is 0.00110. The Bertz CT molecular complexity index is 1150. The molecule has 6 heteroatoms. The molecule has 6 nitrogen and oxygen atoms in total. The van der Waals surface area contributed by atoms with Crippen molar-refractivity contribution in [3.8, 4) is 0 Å². The van der Waals surface area contributed by atoms with Gasteiger partial charge >= 0.3 is 5.97 Å². The van der Waals surface area contributed by atoms with Crippen LogP contribution in [0, 0.1) is 0 Å². The van der Waals surface area contributed by atoms with E-state index in [1.165, 1.54) is 231 Å². The first-order valence-electron chi connectivity index (χ1n) is 29.9. The molecular weight excluding hydrogens is 839 g/mol. The minimum atomic E-state index is -0.842. The molecule has 0 saturated heterocycles. The molecule has 2 unspecified atom stereocenters. The molecule has 0 rings (SSSR count). The van der Waals surface area contributed by atoms with E-state index in [2.05, 4.69) is 55.6 Å². The summed E-state index contributed by atoms with van der Waals surface area (Å²) in [5.41, 5.74) is 0. The number of aliphatic hydroxyl groups is 2. The van der Waals surface area contributed by atoms with Crippen LogP contribution in [0.4, 0.5) is 0 Å². The predicted octanol–water partition coefficient (Wildman–Crippen LogP) is 18.6. The van der Waals surface area contributed by atoms with Crippen molar-refractivity contribution >= 4 is 11.9 Å². The lowest BCUT2D eigenvalue weighted by Gasteiger charge is -2.20. The van der Waals surface area contributed by atoms with Gasteiger partial charge in [0.05, 0.1) is 25.4 Å². The van der Waals surface area contributed by atoms with Gasteiger partial charge in [-0.3, -0.25) is 9.59 Å². The van der Waals surface area contributed by atoms with Gasteiger partial charge in [0, 0.05) is 12.8 Å². The van der Waals surface area contributed by atoms with Crippen LogP contribution in [-0.4, -0.2) is 47.4 Å². The number of esters is 1. The molecule has 0 heterocycles. The van der Waals surface area contributed by atoms with Crippen molar-refractivity contribution in [3.63, 3.8) is 0 Å². The largest absolute Gasteiger partial charge is 0.466 e. The fourth-order valence-electron chi connectivity index (χ4n) is 8.94. The number of rotatable bonds is 55. The van der Waals surface area contributed by atoms with E-state index in [9.17, 15) is 19.8 Å². The topological polar surface area (TPSA) is 95.9 Å². The van der Waals surface area contributed by atoms with Gasteiger partial charge in [-0.05, 0) is 83.5 Å². The molecule has 0 aromatic carbocycles. The minimum Gasteiger partial charge on any atom is -0.466 e. The molecule has 0 aliphatic heterocycles. The van der Waals surface area contributed by atoms with Crippen LogP contribution in [0.25, 0.3) is 0 Å². The maximum Gasteiger partial charge on any atom is 0.305 e. The molecule has 0 bridgehead atoms. The highest BCUT2D eigenvalue weighted by Gasteiger charge is 2.18. The molecule has 0 spiro atoms. The van der Waals surface area contributed by atoms with Gasteiger partial charge in [-0.15, -0.1) is 0 Å². The van der Waals surface area contributed by atoms with Crippen LogP contribution in [0.1, 0.15) is 309 Å². The first-order valence-corrected chi connectivity index (χ1v) is 29.9. The molecule has 0 saturated carbocycles. The Kier molecular flexibility index (Phi) is 55.6. The third-order valence-corrected chi connectivity index (χ3v) is 13.6. The second kappa shape index (κ2) is 57.4. The number of hydrogen-bond acceptors (Lipinski definition) is 5. The summed E-state index contributed by atoms with van der Waals surface area (Å²) in [6.45, 7) is 4.83. The maximum atomic E-state index is 12.4. The van der Waals surface area contributed by atoms with Crippen molar-refractivity contribution in [3.05, 3.63) is 48.6 Å². The average molecular weight is 955 g/mol. The van der Waals surface area contributed by atoms with Gasteiger partial charge in [-0.1, -0.05) is 262 Å². The Labute approximate surface area is 423 Å². The van der Waals surface area contributed by atoms with Crippen molar-refractivity contribution in [2.45, 2.75) is 321 Å². The zero-order valence-electron chi connectivity index (χ0n) is 45.3. The van der Waals surface area contributed by atoms with E-state index < -0.39 is 12.1 Å². The Morgan fingerprint density at radius 3 is 1.18 bits per heavy atom. The highest BCUT2D eigenvalue weighted by molar-refractivity contribution is 5.76. The number of amides is 1. The van der Waals surface area contributed by atoms with Crippen molar-refractivity contribution in [1.82, 2.24) is 5.32 Å². The summed E-state index contributed by atoms with van der Waals surface area (Å²) in [5.74, 6) is -0.0691. The maximum absolute atomic E-state index is 12.4. The van der Waals surface area contributed by atoms with Gasteiger partial charge in [0.2, 0.25) is 5.91 Å². The SMILES string of the molecule is CCCC/C=C\CCCCCCCC(=O)OCCCCCCCCCCC/C=C\C/C=C\CCCCCCCCCCCCCCCCCC(=O)NC(CO)C(O)/C=C/CCCCCCCCC. The Morgan fingerprint density at radius 1 is 0.412 bits per heavy atom. The van der Waals surface area contributed by atoms with Crippen LogP contribution < -0.4 is 5.32 Å². The zero-order valence-corrected chi connectivity index (χ0v) is 45.3. The van der Waals surface area contributed by atoms with E-state index in [-0.39, 0.29) is 18.5 Å². The third-order valence-electron chi connectivity index (χ3n) is 13.6. The highest BCUT2D eigenvalue weighted by atomic mass is 16.5. The molecule has 68 heavy (non-hydrogen) atoms. The normalized spacial score (nSPS) is 12.9. The molecule has 398 valence electrons. The third kappa shape index (κ3) is 53.2. The number of allylic oxidation sites excluding steroid dienone is 7. The van der Waals surface area contributed by atoms with Gasteiger partial charge in [0.1, 0.15) is 0 Å². The predicted molar refractivity (Wildman–Crippen MR) is 296 cm³/mol. The summed E-state index contributed by atoms with van der Waals surface area (Å²) in [7, 11) is 0. The molecule has 0 aromatic heterocycles. The van der Waals surface area contributed by atoms with Crippen LogP contribution in [-0.2, 0) is 14.3 Å². The lowest BCUT2D eigenvalue weighted by Crippen LogP contribution is -2.45. The standard InChI is InChI=1S/C62H115NO5/c1-3-5-7-9-11-13-35-40-44-48-52-56-62(67)68-57-53-49-45-41-37-34-32-30-28-26-24-22-20-18-16-14-15-17-19-21-23-25-27-29-31-33-36-39-43-47-51-55-61(66)63-59(58-64)60(65)54-50-46-42-38-12-10-8-6-4-2/h9,11,16,18,22,24,50,54,59-60,64-65H,3-8,10,12-15,17,19-21,23,25-49,51-53,55-58H2,1-2H3,(H,63,66)/b11-9-,18-16-,24-22-,54-50+. The molecular formula is C62H115NO5. The van der Waals surface area contributed by atoms with E-state index in [0.29, 0.717) is 19.4 Å². The van der Waals surface area contributed by atoms with Gasteiger partial charge < -0.3 is 20.3 Å². The number of unbranched alkanes of at least 4 members (excludes halogenated alkanes) is 38. The first-order chi connectivity index (χ1) is 33.5. The fourth-order valence-corrected chi connectivity index (χ4v) is 8.94. The second-order valence-corrected chi connectivity index (χ2v) is 20.3. The second-order valence-electron chi connectivity index (χ2n) is 20.3. The number of carbonyl (C=O) groups is 2. The summed E-state index contributed by atoms with van der Waals surface area (Å²) in [6.07, 6.45) is 73.1. The molecule has 2 atom stereocenters. The van der Waals surface area contributed by atoms with Gasteiger partial charge in [-0.25, -0.2) is 0 Å². The van der Waals surface area contributed by atoms with Crippen LogP contribution in [0.5, 0.6) is 0 Å². The molecule has 0 radical (unpaired) electrons. The molecule has 0 aliphatic carbocycles. The summed E-state index contributed by atoms with van der Waals surface area (Å²) >= 11 is 0. The first kappa shape index (κ1) is 65.8. The van der Waals surface area contributed by atoms with Crippen molar-refractivity contribution in [1.29, 1.82) is 0 Å². The van der Waals surface area contributed by atoms with Crippen LogP contribution in [0.2, 0.25) is 0 Å². The molecule has 0 fully saturated rings. The van der Waals surface area contributed by atoms with Crippen LogP contribution in [0.15, 0.2) is 48.6 Å². The monoisotopic (exact) mass is 954 g/mol. The summed E-state index contributed by atoms with van der Waals surface area (Å²) < 4.78 is 5.45. The molecule has 3 N–H and O–H groups in total. The molecule has 1 amide bonds. The number of hydrogen-bond donors (Lipinski definition) is 3. The van der Waals surface area contributed by atoms with E-state index in [0.717, 1.165) is 51.4 Å². The van der Waals surface area contributed by atoms with Crippen LogP contribution in [0.3, 0.4) is 0 Å². The number of aliphatic hydroxyl groups excluding tert-OH is 2. The lowest BCUT2D eigenvalue weighted by molar-refractivity contribution is -0.143. The zero-order chi connectivity index (χ0) is 49.3. The van der Waals surface area contributed by atoms with Gasteiger partial charge in [0.25, 0.3) is 0 Å². The quantitative estimate of drug-likeness (QED) is 0.0321. The summed E-state index contributed by atoms with van der Waals surface area (Å²) in [5, 5.41) is 22.9. The number of ether oxygens (including phenoxy) is 1. The average Bonchev–Trinajstić information content (AvgIpc) is 3.34. The van der Waals surface area contributed by atoms with E-state index >= 15 is 0 Å². The summed E-state index contributed by atoms with van der Waals surface area (Å²) in [4.78, 5) is 24.4. The van der Waals surface area contributed by atoms with E-state index in [1.807, 2.05) is 6.08 Å². The van der Waals surface area contributed by atoms with Crippen molar-refractivity contribution in [2.75, 3.05) is 13.2 Å². The smallest absolute Gasteiger partial charge is 0.305 e. The Balaban J connectivity index is 3.39. The molecule has 0 aliphatic rings. The van der Waals surface area contributed by atoms with E-state index in [4.69, 9.17) is 4.74 Å². The van der Waals surface area contributed by atoms with Crippen molar-refractivity contribution in [2.24, 2.45) is 0 Å². The Morgan fingerprint density at radius 2 is 0.750 bits per heavy atom. The number of carbonyl (C=O) groups excluding carboxylic acids is 2. The summed E-state index contributed by atoms with van der Waals surface area (Å²) in [6, 6.07) is -0.625. The van der Waals surface area contributed by atoms with Crippen LogP contribution >= 0.6 is 0 Å². The fraction of sp³-hybridized carbons (Fsp3) is 0.839. The highest BCUT2D eigenvalue weighted by Crippen LogP contribution is 2.16. The Hall–Kier alpha value is -2.18. The van der Waals surface area contributed by atoms with E-state index in [1.54, 1.807) is 6.08 Å². The van der Waals surface area contributed by atoms with Gasteiger partial charge in [0.15, 0.2) is 0 Å². The number of nitrogens with one attached hydrogen (secondary N) is 1. The lowest BCUT2D eigenvalue weighted by atomic mass is 10.0. The molecule has 0 aromatic rings. The van der Waals surface area contributed by atoms with Gasteiger partial charge in [-0.2, -0.15) is 0 Å².